The molecule has 1 aliphatic rings. The lowest BCUT2D eigenvalue weighted by atomic mass is 10.4. The van der Waals surface area contributed by atoms with Gasteiger partial charge in [0.15, 0.2) is 5.03 Å². The molecule has 1 saturated heterocycles. The molecule has 1 fully saturated rings. The Kier molecular flexibility index (Phi) is 3.03. The molecule has 0 unspecified atom stereocenters. The molecule has 0 saturated carbocycles. The zero-order chi connectivity index (χ0) is 11.6. The van der Waals surface area contributed by atoms with Gasteiger partial charge in [0.1, 0.15) is 5.82 Å². The maximum atomic E-state index is 11.0. The van der Waals surface area contributed by atoms with Crippen molar-refractivity contribution < 1.29 is 8.42 Å². The van der Waals surface area contributed by atoms with Crippen LogP contribution in [0.25, 0.3) is 0 Å². The summed E-state index contributed by atoms with van der Waals surface area (Å²) in [5.74, 6) is 0.675. The second-order valence-electron chi connectivity index (χ2n) is 3.49. The Hall–Kier alpha value is -1.25. The van der Waals surface area contributed by atoms with E-state index in [1.54, 1.807) is 0 Å². The predicted molar refractivity (Wildman–Crippen MR) is 58.5 cm³/mol. The van der Waals surface area contributed by atoms with Crippen LogP contribution in [-0.2, 0) is 10.0 Å². The molecular weight excluding hydrogens is 230 g/mol. The van der Waals surface area contributed by atoms with Crippen molar-refractivity contribution in [2.75, 3.05) is 31.1 Å². The van der Waals surface area contributed by atoms with Crippen LogP contribution in [0.3, 0.4) is 0 Å². The second-order valence-corrected chi connectivity index (χ2v) is 5.00. The Morgan fingerprint density at radius 2 is 1.94 bits per heavy atom. The van der Waals surface area contributed by atoms with Crippen LogP contribution in [0.4, 0.5) is 5.82 Å². The summed E-state index contributed by atoms with van der Waals surface area (Å²) >= 11 is 0. The van der Waals surface area contributed by atoms with Crippen molar-refractivity contribution >= 4 is 15.8 Å². The Balaban J connectivity index is 2.18. The lowest BCUT2D eigenvalue weighted by molar-refractivity contribution is 0.581. The van der Waals surface area contributed by atoms with Crippen molar-refractivity contribution in [2.45, 2.75) is 5.03 Å². The van der Waals surface area contributed by atoms with Gasteiger partial charge in [0.05, 0.1) is 12.4 Å². The fraction of sp³-hybridized carbons (Fsp3) is 0.500. The Bertz CT molecular complexity index is 452. The minimum Gasteiger partial charge on any atom is -0.353 e. The molecule has 1 aromatic heterocycles. The van der Waals surface area contributed by atoms with Crippen molar-refractivity contribution in [3.05, 3.63) is 12.4 Å². The quantitative estimate of drug-likeness (QED) is 0.658. The molecule has 0 bridgehead atoms. The van der Waals surface area contributed by atoms with E-state index < -0.39 is 10.0 Å². The average molecular weight is 243 g/mol. The topological polar surface area (TPSA) is 101 Å². The van der Waals surface area contributed by atoms with Gasteiger partial charge in [-0.05, 0) is 0 Å². The Morgan fingerprint density at radius 1 is 1.25 bits per heavy atom. The first kappa shape index (κ1) is 11.2. The van der Waals surface area contributed by atoms with Crippen LogP contribution in [-0.4, -0.2) is 44.6 Å². The van der Waals surface area contributed by atoms with Gasteiger partial charge in [0.2, 0.25) is 0 Å². The van der Waals surface area contributed by atoms with Gasteiger partial charge in [-0.1, -0.05) is 0 Å². The van der Waals surface area contributed by atoms with Crippen molar-refractivity contribution in [1.29, 1.82) is 0 Å². The molecule has 1 aromatic rings. The first-order chi connectivity index (χ1) is 7.57. The van der Waals surface area contributed by atoms with Gasteiger partial charge in [0.25, 0.3) is 10.0 Å². The third kappa shape index (κ3) is 2.46. The number of primary sulfonamides is 1. The van der Waals surface area contributed by atoms with Crippen molar-refractivity contribution in [3.63, 3.8) is 0 Å². The number of aromatic nitrogens is 2. The highest BCUT2D eigenvalue weighted by molar-refractivity contribution is 7.89. The normalized spacial score (nSPS) is 17.4. The summed E-state index contributed by atoms with van der Waals surface area (Å²) in [6.45, 7) is 3.45. The van der Waals surface area contributed by atoms with Gasteiger partial charge in [-0.3, -0.25) is 0 Å². The number of piperazine rings is 1. The van der Waals surface area contributed by atoms with E-state index in [2.05, 4.69) is 15.3 Å². The number of nitrogens with two attached hydrogens (primary N) is 1. The summed E-state index contributed by atoms with van der Waals surface area (Å²) in [5, 5.41) is 7.94. The average Bonchev–Trinajstić information content (AvgIpc) is 2.29. The molecule has 1 aliphatic heterocycles. The van der Waals surface area contributed by atoms with E-state index in [1.165, 1.54) is 12.4 Å². The first-order valence-corrected chi connectivity index (χ1v) is 6.42. The highest BCUT2D eigenvalue weighted by Crippen LogP contribution is 2.10. The van der Waals surface area contributed by atoms with E-state index in [1.807, 2.05) is 4.90 Å². The van der Waals surface area contributed by atoms with Crippen LogP contribution < -0.4 is 15.4 Å². The summed E-state index contributed by atoms with van der Waals surface area (Å²) < 4.78 is 21.9. The fourth-order valence-corrected chi connectivity index (χ4v) is 1.91. The monoisotopic (exact) mass is 243 g/mol. The third-order valence-corrected chi connectivity index (χ3v) is 3.14. The summed E-state index contributed by atoms with van der Waals surface area (Å²) in [6.07, 6.45) is 2.62. The van der Waals surface area contributed by atoms with Gasteiger partial charge in [-0.25, -0.2) is 23.5 Å². The number of nitrogens with one attached hydrogen (secondary N) is 1. The fourth-order valence-electron chi connectivity index (χ4n) is 1.51. The number of hydrogen-bond donors (Lipinski definition) is 2. The molecule has 8 heteroatoms. The number of hydrogen-bond acceptors (Lipinski definition) is 6. The second kappa shape index (κ2) is 4.32. The van der Waals surface area contributed by atoms with Gasteiger partial charge < -0.3 is 10.2 Å². The Labute approximate surface area is 93.7 Å². The minimum atomic E-state index is -3.75. The van der Waals surface area contributed by atoms with Crippen molar-refractivity contribution in [1.82, 2.24) is 15.3 Å². The number of nitrogens with zero attached hydrogens (tertiary/aromatic N) is 3. The van der Waals surface area contributed by atoms with E-state index in [4.69, 9.17) is 5.14 Å². The maximum absolute atomic E-state index is 11.0. The summed E-state index contributed by atoms with van der Waals surface area (Å²) in [4.78, 5) is 9.87. The van der Waals surface area contributed by atoms with Crippen LogP contribution >= 0.6 is 0 Å². The minimum absolute atomic E-state index is 0.202. The van der Waals surface area contributed by atoms with E-state index in [9.17, 15) is 8.42 Å². The van der Waals surface area contributed by atoms with E-state index in [0.717, 1.165) is 26.2 Å². The zero-order valence-electron chi connectivity index (χ0n) is 8.63. The standard InChI is InChI=1S/C8H13N5O2S/c9-16(14,15)8-6-11-7(5-12-8)13-3-1-10-2-4-13/h5-6,10H,1-4H2,(H2,9,14,15). The van der Waals surface area contributed by atoms with Crippen molar-refractivity contribution in [2.24, 2.45) is 5.14 Å². The summed E-state index contributed by atoms with van der Waals surface area (Å²) in [6, 6.07) is 0. The largest absolute Gasteiger partial charge is 0.353 e. The van der Waals surface area contributed by atoms with E-state index in [0.29, 0.717) is 5.82 Å². The molecule has 2 rings (SSSR count). The lowest BCUT2D eigenvalue weighted by Gasteiger charge is -2.27. The summed E-state index contributed by atoms with van der Waals surface area (Å²) in [7, 11) is -3.75. The maximum Gasteiger partial charge on any atom is 0.257 e. The molecule has 0 atom stereocenters. The number of rotatable bonds is 2. The molecule has 0 radical (unpaired) electrons. The molecule has 0 aliphatic carbocycles. The molecule has 7 nitrogen and oxygen atoms in total. The SMILES string of the molecule is NS(=O)(=O)c1cnc(N2CCNCC2)cn1. The molecule has 0 spiro atoms. The highest BCUT2D eigenvalue weighted by atomic mass is 32.2. The van der Waals surface area contributed by atoms with Crippen LogP contribution in [0.1, 0.15) is 0 Å². The van der Waals surface area contributed by atoms with Gasteiger partial charge in [0, 0.05) is 26.2 Å². The molecular formula is C8H13N5O2S. The molecule has 2 heterocycles. The highest BCUT2D eigenvalue weighted by Gasteiger charge is 2.14. The summed E-state index contributed by atoms with van der Waals surface area (Å²) in [5.41, 5.74) is 0. The van der Waals surface area contributed by atoms with E-state index >= 15 is 0 Å². The smallest absolute Gasteiger partial charge is 0.257 e. The Morgan fingerprint density at radius 3 is 2.44 bits per heavy atom. The van der Waals surface area contributed by atoms with Crippen LogP contribution in [0.5, 0.6) is 0 Å². The number of sulfonamides is 1. The molecule has 0 aromatic carbocycles. The molecule has 16 heavy (non-hydrogen) atoms. The van der Waals surface area contributed by atoms with Crippen molar-refractivity contribution in [3.8, 4) is 0 Å². The zero-order valence-corrected chi connectivity index (χ0v) is 9.44. The third-order valence-electron chi connectivity index (χ3n) is 2.35. The predicted octanol–water partition coefficient (Wildman–Crippen LogP) is -1.47. The molecule has 0 amide bonds. The first-order valence-electron chi connectivity index (χ1n) is 4.88. The molecule has 88 valence electrons. The molecule has 3 N–H and O–H groups in total. The van der Waals surface area contributed by atoms with Gasteiger partial charge in [-0.15, -0.1) is 0 Å². The van der Waals surface area contributed by atoms with Gasteiger partial charge in [-0.2, -0.15) is 0 Å². The van der Waals surface area contributed by atoms with Crippen LogP contribution in [0.15, 0.2) is 17.4 Å². The van der Waals surface area contributed by atoms with Gasteiger partial charge >= 0.3 is 0 Å². The lowest BCUT2D eigenvalue weighted by Crippen LogP contribution is -2.44. The number of anilines is 1. The van der Waals surface area contributed by atoms with Crippen LogP contribution in [0.2, 0.25) is 0 Å². The van der Waals surface area contributed by atoms with Crippen LogP contribution in [0, 0.1) is 0 Å². The van der Waals surface area contributed by atoms with E-state index in [-0.39, 0.29) is 5.03 Å².